The number of carboxylic acid groups (broad SMARTS) is 1. The molecule has 1 aliphatic rings. The van der Waals surface area contributed by atoms with Crippen LogP contribution in [0, 0.1) is 11.8 Å². The Hall–Kier alpha value is -1.42. The maximum Gasteiger partial charge on any atom is 0.303 e. The first kappa shape index (κ1) is 20.6. The number of allylic oxidation sites excluding steroid dienone is 3. The minimum Gasteiger partial charge on any atom is -0.481 e. The summed E-state index contributed by atoms with van der Waals surface area (Å²) >= 11 is 0. The lowest BCUT2D eigenvalue weighted by Crippen LogP contribution is -2.14. The number of rotatable bonds is 13. The van der Waals surface area contributed by atoms with Crippen molar-refractivity contribution in [2.45, 2.75) is 77.2 Å². The zero-order valence-corrected chi connectivity index (χ0v) is 14.8. The van der Waals surface area contributed by atoms with E-state index in [2.05, 4.69) is 6.92 Å². The van der Waals surface area contributed by atoms with Crippen LogP contribution in [0.5, 0.6) is 0 Å². The molecule has 0 unspecified atom stereocenters. The summed E-state index contributed by atoms with van der Waals surface area (Å²) in [5.74, 6) is -0.425. The lowest BCUT2D eigenvalue weighted by atomic mass is 9.89. The van der Waals surface area contributed by atoms with Crippen molar-refractivity contribution in [1.82, 2.24) is 0 Å². The smallest absolute Gasteiger partial charge is 0.303 e. The molecule has 0 bridgehead atoms. The van der Waals surface area contributed by atoms with E-state index in [1.54, 1.807) is 12.2 Å². The van der Waals surface area contributed by atoms with Crippen molar-refractivity contribution >= 4 is 11.8 Å². The molecule has 24 heavy (non-hydrogen) atoms. The predicted octanol–water partition coefficient (Wildman–Crippen LogP) is 4.28. The molecule has 2 N–H and O–H groups in total. The van der Waals surface area contributed by atoms with E-state index < -0.39 is 12.1 Å². The first-order valence-corrected chi connectivity index (χ1v) is 9.34. The summed E-state index contributed by atoms with van der Waals surface area (Å²) in [6.07, 6.45) is 15.6. The van der Waals surface area contributed by atoms with Crippen LogP contribution in [0.15, 0.2) is 24.3 Å². The molecule has 0 radical (unpaired) electrons. The number of aliphatic hydroxyl groups is 1. The molecule has 0 saturated heterocycles. The van der Waals surface area contributed by atoms with Crippen LogP contribution in [0.3, 0.4) is 0 Å². The van der Waals surface area contributed by atoms with Crippen molar-refractivity contribution in [2.75, 3.05) is 0 Å². The fourth-order valence-corrected chi connectivity index (χ4v) is 3.13. The fraction of sp³-hybridized carbons (Fsp3) is 0.700. The molecule has 0 aromatic rings. The second-order valence-electron chi connectivity index (χ2n) is 6.75. The molecule has 0 aromatic heterocycles. The van der Waals surface area contributed by atoms with Gasteiger partial charge < -0.3 is 10.2 Å². The lowest BCUT2D eigenvalue weighted by molar-refractivity contribution is -0.137. The molecule has 0 aliphatic heterocycles. The minimum absolute atomic E-state index is 0.105. The van der Waals surface area contributed by atoms with Gasteiger partial charge in [-0.05, 0) is 31.3 Å². The summed E-state index contributed by atoms with van der Waals surface area (Å²) in [7, 11) is 0. The van der Waals surface area contributed by atoms with Crippen LogP contribution in [0.25, 0.3) is 0 Å². The van der Waals surface area contributed by atoms with Crippen molar-refractivity contribution in [3.63, 3.8) is 0 Å². The Labute approximate surface area is 145 Å². The molecule has 0 spiro atoms. The van der Waals surface area contributed by atoms with Gasteiger partial charge in [0.05, 0.1) is 6.10 Å². The maximum absolute atomic E-state index is 11.9. The van der Waals surface area contributed by atoms with Gasteiger partial charge in [0, 0.05) is 12.3 Å². The van der Waals surface area contributed by atoms with Crippen molar-refractivity contribution in [1.29, 1.82) is 0 Å². The lowest BCUT2D eigenvalue weighted by Gasteiger charge is -2.15. The van der Waals surface area contributed by atoms with Gasteiger partial charge in [-0.2, -0.15) is 0 Å². The Morgan fingerprint density at radius 2 is 1.96 bits per heavy atom. The largest absolute Gasteiger partial charge is 0.481 e. The summed E-state index contributed by atoms with van der Waals surface area (Å²) in [4.78, 5) is 22.4. The Morgan fingerprint density at radius 1 is 1.21 bits per heavy atom. The van der Waals surface area contributed by atoms with Gasteiger partial charge in [-0.3, -0.25) is 9.59 Å². The second kappa shape index (κ2) is 12.0. The van der Waals surface area contributed by atoms with Crippen LogP contribution in [0.2, 0.25) is 0 Å². The third-order valence-electron chi connectivity index (χ3n) is 4.62. The first-order chi connectivity index (χ1) is 11.5. The van der Waals surface area contributed by atoms with Gasteiger partial charge in [0.25, 0.3) is 0 Å². The number of carboxylic acids is 1. The van der Waals surface area contributed by atoms with Crippen LogP contribution in [-0.2, 0) is 9.59 Å². The molecular formula is C20H32O4. The second-order valence-corrected chi connectivity index (χ2v) is 6.75. The zero-order chi connectivity index (χ0) is 17.8. The Kier molecular flexibility index (Phi) is 10.3. The third kappa shape index (κ3) is 8.44. The van der Waals surface area contributed by atoms with Crippen molar-refractivity contribution in [2.24, 2.45) is 11.8 Å². The van der Waals surface area contributed by atoms with Crippen molar-refractivity contribution in [3.8, 4) is 0 Å². The van der Waals surface area contributed by atoms with Gasteiger partial charge in [0.1, 0.15) is 0 Å². The van der Waals surface area contributed by atoms with E-state index in [4.69, 9.17) is 5.11 Å². The molecule has 4 heteroatoms. The van der Waals surface area contributed by atoms with E-state index in [1.807, 2.05) is 12.2 Å². The van der Waals surface area contributed by atoms with Crippen LogP contribution in [0.4, 0.5) is 0 Å². The Balaban J connectivity index is 2.24. The highest BCUT2D eigenvalue weighted by molar-refractivity contribution is 5.95. The van der Waals surface area contributed by atoms with Crippen molar-refractivity contribution in [3.05, 3.63) is 24.3 Å². The molecule has 1 aliphatic carbocycles. The van der Waals surface area contributed by atoms with Gasteiger partial charge >= 0.3 is 5.97 Å². The van der Waals surface area contributed by atoms with Crippen LogP contribution in [0.1, 0.15) is 71.1 Å². The maximum atomic E-state index is 11.9. The number of hydrogen-bond acceptors (Lipinski definition) is 3. The summed E-state index contributed by atoms with van der Waals surface area (Å²) in [6, 6.07) is 0. The Morgan fingerprint density at radius 3 is 2.67 bits per heavy atom. The number of ketones is 1. The van der Waals surface area contributed by atoms with Crippen LogP contribution >= 0.6 is 0 Å². The molecule has 3 atom stereocenters. The average Bonchev–Trinajstić information content (AvgIpc) is 2.89. The highest BCUT2D eigenvalue weighted by atomic mass is 16.4. The minimum atomic E-state index is -0.749. The number of hydrogen-bond donors (Lipinski definition) is 2. The normalized spacial score (nSPS) is 21.7. The van der Waals surface area contributed by atoms with Crippen LogP contribution in [-0.4, -0.2) is 28.1 Å². The number of carbonyl (C=O) groups is 2. The molecule has 0 saturated carbocycles. The van der Waals surface area contributed by atoms with E-state index in [-0.39, 0.29) is 24.0 Å². The number of aliphatic hydroxyl groups excluding tert-OH is 1. The van der Waals surface area contributed by atoms with Gasteiger partial charge in [0.15, 0.2) is 5.78 Å². The number of carbonyl (C=O) groups excluding carboxylic acids is 1. The van der Waals surface area contributed by atoms with Gasteiger partial charge in [0.2, 0.25) is 0 Å². The number of unbranched alkanes of at least 4 members (excludes halogenated alkanes) is 5. The molecule has 0 aromatic carbocycles. The SMILES string of the molecule is CCCCC[C@@H]1C=CC(=O)[C@@H]1/C=C/[C@@H](O)CCCCCCC(=O)O. The average molecular weight is 336 g/mol. The quantitative estimate of drug-likeness (QED) is 0.389. The van der Waals surface area contributed by atoms with Crippen molar-refractivity contribution < 1.29 is 19.8 Å². The molecule has 0 amide bonds. The Bertz CT molecular complexity index is 439. The summed E-state index contributed by atoms with van der Waals surface area (Å²) < 4.78 is 0. The molecule has 0 heterocycles. The molecular weight excluding hydrogens is 304 g/mol. The fourth-order valence-electron chi connectivity index (χ4n) is 3.13. The summed E-state index contributed by atoms with van der Waals surface area (Å²) in [6.45, 7) is 2.17. The van der Waals surface area contributed by atoms with E-state index in [0.717, 1.165) is 32.1 Å². The van der Waals surface area contributed by atoms with E-state index in [1.165, 1.54) is 12.8 Å². The zero-order valence-electron chi connectivity index (χ0n) is 14.8. The van der Waals surface area contributed by atoms with Gasteiger partial charge in [-0.25, -0.2) is 0 Å². The van der Waals surface area contributed by atoms with Crippen LogP contribution < -0.4 is 0 Å². The molecule has 0 fully saturated rings. The summed E-state index contributed by atoms with van der Waals surface area (Å²) in [5.41, 5.74) is 0. The van der Waals surface area contributed by atoms with Gasteiger partial charge in [-0.15, -0.1) is 0 Å². The highest BCUT2D eigenvalue weighted by Gasteiger charge is 2.27. The van der Waals surface area contributed by atoms with E-state index in [9.17, 15) is 14.7 Å². The molecule has 1 rings (SSSR count). The number of aliphatic carboxylic acids is 1. The van der Waals surface area contributed by atoms with E-state index >= 15 is 0 Å². The molecule has 136 valence electrons. The predicted molar refractivity (Wildman–Crippen MR) is 95.8 cm³/mol. The monoisotopic (exact) mass is 336 g/mol. The first-order valence-electron chi connectivity index (χ1n) is 9.34. The third-order valence-corrected chi connectivity index (χ3v) is 4.62. The standard InChI is InChI=1S/C20H32O4/c1-2-3-6-9-16-12-15-19(22)18(16)14-13-17(21)10-7-4-5-8-11-20(23)24/h12-18,21H,2-11H2,1H3,(H,23,24)/b14-13+/t16-,17+,18-/m1/s1. The highest BCUT2D eigenvalue weighted by Crippen LogP contribution is 2.28. The van der Waals surface area contributed by atoms with E-state index in [0.29, 0.717) is 12.8 Å². The molecule has 4 nitrogen and oxygen atoms in total. The van der Waals surface area contributed by atoms with Gasteiger partial charge in [-0.1, -0.05) is 63.7 Å². The summed E-state index contributed by atoms with van der Waals surface area (Å²) in [5, 5.41) is 18.6. The topological polar surface area (TPSA) is 74.6 Å².